The van der Waals surface area contributed by atoms with Crippen LogP contribution in [0, 0.1) is 20.8 Å². The maximum Gasteiger partial charge on any atom is 0.0455 e. The minimum Gasteiger partial charge on any atom is -0.381 e. The molecule has 2 heteroatoms. The molecule has 94 valence electrons. The summed E-state index contributed by atoms with van der Waals surface area (Å²) in [6.45, 7) is 7.10. The van der Waals surface area contributed by atoms with Gasteiger partial charge in [0.05, 0.1) is 0 Å². The third-order valence-electron chi connectivity index (χ3n) is 3.24. The van der Waals surface area contributed by atoms with Gasteiger partial charge in [-0.05, 0) is 55.2 Å². The van der Waals surface area contributed by atoms with E-state index in [1.165, 1.54) is 16.7 Å². The molecule has 0 radical (unpaired) electrons. The highest BCUT2D eigenvalue weighted by Crippen LogP contribution is 2.20. The summed E-state index contributed by atoms with van der Waals surface area (Å²) >= 11 is 6.10. The molecule has 0 spiro atoms. The first-order chi connectivity index (χ1) is 8.56. The number of hydrogen-bond acceptors (Lipinski definition) is 1. The molecule has 2 aromatic carbocycles. The van der Waals surface area contributed by atoms with Gasteiger partial charge in [0, 0.05) is 17.3 Å². The van der Waals surface area contributed by atoms with Crippen LogP contribution in [0.25, 0.3) is 0 Å². The molecule has 0 heterocycles. The van der Waals surface area contributed by atoms with E-state index in [2.05, 4.69) is 43.4 Å². The third kappa shape index (κ3) is 3.05. The molecular weight excluding hydrogens is 242 g/mol. The molecule has 0 aliphatic carbocycles. The second-order valence-corrected chi connectivity index (χ2v) is 5.14. The van der Waals surface area contributed by atoms with Crippen molar-refractivity contribution >= 4 is 17.3 Å². The van der Waals surface area contributed by atoms with E-state index in [1.807, 2.05) is 19.1 Å². The zero-order chi connectivity index (χ0) is 13.1. The lowest BCUT2D eigenvalue weighted by Gasteiger charge is -2.09. The maximum atomic E-state index is 6.10. The van der Waals surface area contributed by atoms with Crippen molar-refractivity contribution in [3.8, 4) is 0 Å². The van der Waals surface area contributed by atoms with Gasteiger partial charge >= 0.3 is 0 Å². The fraction of sp³-hybridized carbons (Fsp3) is 0.250. The Morgan fingerprint density at radius 3 is 2.28 bits per heavy atom. The first-order valence-electron chi connectivity index (χ1n) is 6.12. The number of aryl methyl sites for hydroxylation is 3. The van der Waals surface area contributed by atoms with Crippen molar-refractivity contribution in [3.63, 3.8) is 0 Å². The van der Waals surface area contributed by atoms with Crippen molar-refractivity contribution in [2.24, 2.45) is 0 Å². The van der Waals surface area contributed by atoms with Crippen molar-refractivity contribution in [2.75, 3.05) is 5.32 Å². The Balaban J connectivity index is 2.06. The van der Waals surface area contributed by atoms with Gasteiger partial charge in [0.1, 0.15) is 0 Å². The lowest BCUT2D eigenvalue weighted by atomic mass is 10.1. The average Bonchev–Trinajstić information content (AvgIpc) is 2.35. The van der Waals surface area contributed by atoms with E-state index in [0.29, 0.717) is 0 Å². The van der Waals surface area contributed by atoms with Gasteiger partial charge in [-0.1, -0.05) is 35.9 Å². The maximum absolute atomic E-state index is 6.10. The zero-order valence-electron chi connectivity index (χ0n) is 11.0. The number of anilines is 1. The lowest BCUT2D eigenvalue weighted by molar-refractivity contribution is 1.13. The van der Waals surface area contributed by atoms with Crippen LogP contribution in [0.1, 0.15) is 22.3 Å². The molecule has 2 aromatic rings. The minimum atomic E-state index is 0.806. The predicted molar refractivity (Wildman–Crippen MR) is 79.4 cm³/mol. The van der Waals surface area contributed by atoms with Crippen LogP contribution in [0.5, 0.6) is 0 Å². The van der Waals surface area contributed by atoms with Gasteiger partial charge in [0.25, 0.3) is 0 Å². The van der Waals surface area contributed by atoms with Gasteiger partial charge in [-0.3, -0.25) is 0 Å². The second-order valence-electron chi connectivity index (χ2n) is 4.74. The van der Waals surface area contributed by atoms with Crippen LogP contribution in [0.2, 0.25) is 5.02 Å². The number of benzene rings is 2. The Morgan fingerprint density at radius 1 is 0.889 bits per heavy atom. The lowest BCUT2D eigenvalue weighted by Crippen LogP contribution is -2.00. The Morgan fingerprint density at radius 2 is 1.61 bits per heavy atom. The Labute approximate surface area is 114 Å². The molecule has 2 rings (SSSR count). The summed E-state index contributed by atoms with van der Waals surface area (Å²) in [5.41, 5.74) is 6.11. The fourth-order valence-electron chi connectivity index (χ4n) is 1.82. The van der Waals surface area contributed by atoms with Crippen LogP contribution in [-0.4, -0.2) is 0 Å². The predicted octanol–water partition coefficient (Wildman–Crippen LogP) is 4.88. The normalized spacial score (nSPS) is 10.4. The van der Waals surface area contributed by atoms with Gasteiger partial charge in [0.2, 0.25) is 0 Å². The Hall–Kier alpha value is -1.47. The Kier molecular flexibility index (Phi) is 3.93. The summed E-state index contributed by atoms with van der Waals surface area (Å²) in [7, 11) is 0. The van der Waals surface area contributed by atoms with Crippen LogP contribution >= 0.6 is 11.6 Å². The molecule has 1 nitrogen and oxygen atoms in total. The third-order valence-corrected chi connectivity index (χ3v) is 3.65. The summed E-state index contributed by atoms with van der Waals surface area (Å²) in [4.78, 5) is 0. The number of rotatable bonds is 3. The monoisotopic (exact) mass is 259 g/mol. The molecule has 0 aliphatic rings. The largest absolute Gasteiger partial charge is 0.381 e. The molecule has 0 fully saturated rings. The van der Waals surface area contributed by atoms with E-state index < -0.39 is 0 Å². The molecule has 0 atom stereocenters. The van der Waals surface area contributed by atoms with Crippen LogP contribution in [0.15, 0.2) is 36.4 Å². The Bertz CT molecular complexity index is 510. The molecular formula is C16H18ClN. The van der Waals surface area contributed by atoms with Crippen LogP contribution in [0.4, 0.5) is 5.69 Å². The van der Waals surface area contributed by atoms with E-state index in [4.69, 9.17) is 11.6 Å². The number of hydrogen-bond donors (Lipinski definition) is 1. The highest BCUT2D eigenvalue weighted by Gasteiger charge is 1.99. The zero-order valence-corrected chi connectivity index (χ0v) is 11.8. The quantitative estimate of drug-likeness (QED) is 0.829. The molecule has 0 amide bonds. The summed E-state index contributed by atoms with van der Waals surface area (Å²) < 4.78 is 0. The van der Waals surface area contributed by atoms with E-state index in [0.717, 1.165) is 22.8 Å². The summed E-state index contributed by atoms with van der Waals surface area (Å²) in [5.74, 6) is 0. The topological polar surface area (TPSA) is 12.0 Å². The van der Waals surface area contributed by atoms with Gasteiger partial charge in [0.15, 0.2) is 0 Å². The smallest absolute Gasteiger partial charge is 0.0455 e. The van der Waals surface area contributed by atoms with Crippen molar-refractivity contribution in [3.05, 3.63) is 63.7 Å². The van der Waals surface area contributed by atoms with Crippen molar-refractivity contribution in [1.29, 1.82) is 0 Å². The van der Waals surface area contributed by atoms with E-state index >= 15 is 0 Å². The van der Waals surface area contributed by atoms with E-state index in [-0.39, 0.29) is 0 Å². The van der Waals surface area contributed by atoms with Crippen LogP contribution in [-0.2, 0) is 6.54 Å². The number of nitrogens with one attached hydrogen (secondary N) is 1. The highest BCUT2D eigenvalue weighted by molar-refractivity contribution is 6.31. The molecule has 0 aromatic heterocycles. The summed E-state index contributed by atoms with van der Waals surface area (Å²) in [6, 6.07) is 12.6. The van der Waals surface area contributed by atoms with E-state index in [9.17, 15) is 0 Å². The molecule has 1 N–H and O–H groups in total. The molecule has 18 heavy (non-hydrogen) atoms. The number of halogens is 1. The van der Waals surface area contributed by atoms with Crippen molar-refractivity contribution < 1.29 is 0 Å². The SMILES string of the molecule is Cc1ccc(CNc2ccc(C)c(Cl)c2)cc1C. The standard InChI is InChI=1S/C16H18ClN/c1-11-4-6-14(8-13(11)3)10-18-15-7-5-12(2)16(17)9-15/h4-9,18H,10H2,1-3H3. The molecule has 0 aliphatic heterocycles. The average molecular weight is 260 g/mol. The molecule has 0 saturated heterocycles. The van der Waals surface area contributed by atoms with Crippen molar-refractivity contribution in [2.45, 2.75) is 27.3 Å². The highest BCUT2D eigenvalue weighted by atomic mass is 35.5. The summed E-state index contributed by atoms with van der Waals surface area (Å²) in [5, 5.41) is 4.20. The first kappa shape index (κ1) is 13.0. The first-order valence-corrected chi connectivity index (χ1v) is 6.50. The van der Waals surface area contributed by atoms with Crippen molar-refractivity contribution in [1.82, 2.24) is 0 Å². The molecule has 0 bridgehead atoms. The molecule has 0 saturated carbocycles. The van der Waals surface area contributed by atoms with Gasteiger partial charge in [-0.15, -0.1) is 0 Å². The van der Waals surface area contributed by atoms with Crippen LogP contribution < -0.4 is 5.32 Å². The van der Waals surface area contributed by atoms with Gasteiger partial charge in [-0.25, -0.2) is 0 Å². The van der Waals surface area contributed by atoms with E-state index in [1.54, 1.807) is 0 Å². The van der Waals surface area contributed by atoms with Gasteiger partial charge < -0.3 is 5.32 Å². The van der Waals surface area contributed by atoms with Crippen LogP contribution in [0.3, 0.4) is 0 Å². The fourth-order valence-corrected chi connectivity index (χ4v) is 2.00. The summed E-state index contributed by atoms with van der Waals surface area (Å²) in [6.07, 6.45) is 0. The second kappa shape index (κ2) is 5.45. The molecule has 0 unspecified atom stereocenters. The van der Waals surface area contributed by atoms with Gasteiger partial charge in [-0.2, -0.15) is 0 Å². The minimum absolute atomic E-state index is 0.806.